The fourth-order valence-electron chi connectivity index (χ4n) is 1.59. The van der Waals surface area contributed by atoms with Gasteiger partial charge >= 0.3 is 0 Å². The highest BCUT2D eigenvalue weighted by Crippen LogP contribution is 2.32. The Morgan fingerprint density at radius 3 is 2.68 bits per heavy atom. The number of hydrogen-bond acceptors (Lipinski definition) is 4. The van der Waals surface area contributed by atoms with Gasteiger partial charge in [0.25, 0.3) is 5.91 Å². The molecule has 0 spiro atoms. The third kappa shape index (κ3) is 2.98. The first kappa shape index (κ1) is 13.7. The molecule has 1 aliphatic rings. The number of amides is 1. The van der Waals surface area contributed by atoms with E-state index in [1.807, 2.05) is 14.1 Å². The van der Waals surface area contributed by atoms with Crippen LogP contribution >= 0.6 is 0 Å². The standard InChI is InChI=1S/C14H20N2O3/c1-14(2,16(3)4)8-15-13(17)10-5-6-11-12(7-10)19-9-18-11/h5-7H,8-9H2,1-4H3,(H,15,17). The molecule has 0 aromatic heterocycles. The van der Waals surface area contributed by atoms with Crippen molar-refractivity contribution >= 4 is 5.91 Å². The molecule has 1 heterocycles. The first-order chi connectivity index (χ1) is 8.90. The maximum atomic E-state index is 12.1. The molecule has 0 fully saturated rings. The third-order valence-corrected chi connectivity index (χ3v) is 3.53. The minimum atomic E-state index is -0.103. The van der Waals surface area contributed by atoms with Gasteiger partial charge in [-0.05, 0) is 46.1 Å². The highest BCUT2D eigenvalue weighted by molar-refractivity contribution is 5.95. The van der Waals surface area contributed by atoms with E-state index in [2.05, 4.69) is 24.1 Å². The van der Waals surface area contributed by atoms with Crippen molar-refractivity contribution in [1.29, 1.82) is 0 Å². The van der Waals surface area contributed by atoms with Crippen molar-refractivity contribution in [2.75, 3.05) is 27.4 Å². The zero-order valence-electron chi connectivity index (χ0n) is 11.8. The topological polar surface area (TPSA) is 50.8 Å². The number of ether oxygens (including phenoxy) is 2. The largest absolute Gasteiger partial charge is 0.454 e. The molecule has 5 nitrogen and oxygen atoms in total. The lowest BCUT2D eigenvalue weighted by Crippen LogP contribution is -2.48. The van der Waals surface area contributed by atoms with E-state index in [9.17, 15) is 4.79 Å². The summed E-state index contributed by atoms with van der Waals surface area (Å²) in [4.78, 5) is 14.2. The van der Waals surface area contributed by atoms with Crippen LogP contribution in [-0.4, -0.2) is 43.8 Å². The van der Waals surface area contributed by atoms with Crippen LogP contribution in [0.3, 0.4) is 0 Å². The predicted octanol–water partition coefficient (Wildman–Crippen LogP) is 1.49. The van der Waals surface area contributed by atoms with Gasteiger partial charge in [0.15, 0.2) is 11.5 Å². The van der Waals surface area contributed by atoms with Gasteiger partial charge in [0.2, 0.25) is 6.79 Å². The van der Waals surface area contributed by atoms with Crippen LogP contribution in [0.15, 0.2) is 18.2 Å². The second-order valence-corrected chi connectivity index (χ2v) is 5.46. The SMILES string of the molecule is CN(C)C(C)(C)CNC(=O)c1ccc2c(c1)OCO2. The average molecular weight is 264 g/mol. The van der Waals surface area contributed by atoms with Gasteiger partial charge in [-0.15, -0.1) is 0 Å². The predicted molar refractivity (Wildman–Crippen MR) is 72.7 cm³/mol. The van der Waals surface area contributed by atoms with Crippen molar-refractivity contribution in [3.05, 3.63) is 23.8 Å². The quantitative estimate of drug-likeness (QED) is 0.895. The molecule has 1 aromatic carbocycles. The molecular weight excluding hydrogens is 244 g/mol. The average Bonchev–Trinajstić information content (AvgIpc) is 2.82. The first-order valence-electron chi connectivity index (χ1n) is 6.25. The van der Waals surface area contributed by atoms with E-state index in [0.717, 1.165) is 0 Å². The summed E-state index contributed by atoms with van der Waals surface area (Å²) in [6.45, 7) is 4.95. The Labute approximate surface area is 113 Å². The summed E-state index contributed by atoms with van der Waals surface area (Å²) in [6, 6.07) is 5.21. The van der Waals surface area contributed by atoms with Gasteiger partial charge in [-0.25, -0.2) is 0 Å². The van der Waals surface area contributed by atoms with E-state index in [-0.39, 0.29) is 18.2 Å². The smallest absolute Gasteiger partial charge is 0.251 e. The number of benzene rings is 1. The van der Waals surface area contributed by atoms with E-state index in [0.29, 0.717) is 23.6 Å². The summed E-state index contributed by atoms with van der Waals surface area (Å²) >= 11 is 0. The molecule has 0 aliphatic carbocycles. The van der Waals surface area contributed by atoms with Gasteiger partial charge in [0, 0.05) is 17.6 Å². The Balaban J connectivity index is 2.01. The van der Waals surface area contributed by atoms with Crippen molar-refractivity contribution in [3.8, 4) is 11.5 Å². The van der Waals surface area contributed by atoms with Crippen LogP contribution in [0.4, 0.5) is 0 Å². The van der Waals surface area contributed by atoms with Crippen molar-refractivity contribution in [1.82, 2.24) is 10.2 Å². The Kier molecular flexibility index (Phi) is 3.66. The Morgan fingerprint density at radius 1 is 1.32 bits per heavy atom. The molecule has 0 unspecified atom stereocenters. The molecule has 0 saturated heterocycles. The number of likely N-dealkylation sites (N-methyl/N-ethyl adjacent to an activating group) is 1. The number of nitrogens with one attached hydrogen (secondary N) is 1. The van der Waals surface area contributed by atoms with Gasteiger partial charge in [-0.2, -0.15) is 0 Å². The molecule has 2 rings (SSSR count). The van der Waals surface area contributed by atoms with Crippen LogP contribution in [-0.2, 0) is 0 Å². The Hall–Kier alpha value is -1.75. The Bertz CT molecular complexity index is 484. The third-order valence-electron chi connectivity index (χ3n) is 3.53. The molecule has 0 bridgehead atoms. The molecule has 19 heavy (non-hydrogen) atoms. The molecule has 1 aliphatic heterocycles. The van der Waals surface area contributed by atoms with Crippen LogP contribution in [0.25, 0.3) is 0 Å². The minimum absolute atomic E-state index is 0.0913. The Morgan fingerprint density at radius 2 is 2.00 bits per heavy atom. The van der Waals surface area contributed by atoms with E-state index < -0.39 is 0 Å². The van der Waals surface area contributed by atoms with Crippen LogP contribution in [0.5, 0.6) is 11.5 Å². The van der Waals surface area contributed by atoms with Crippen molar-refractivity contribution in [3.63, 3.8) is 0 Å². The zero-order chi connectivity index (χ0) is 14.0. The zero-order valence-corrected chi connectivity index (χ0v) is 11.8. The number of nitrogens with zero attached hydrogens (tertiary/aromatic N) is 1. The maximum absolute atomic E-state index is 12.1. The lowest BCUT2D eigenvalue weighted by molar-refractivity contribution is 0.0919. The van der Waals surface area contributed by atoms with E-state index in [1.54, 1.807) is 18.2 Å². The van der Waals surface area contributed by atoms with Crippen molar-refractivity contribution in [2.24, 2.45) is 0 Å². The second-order valence-electron chi connectivity index (χ2n) is 5.46. The molecule has 104 valence electrons. The molecule has 5 heteroatoms. The van der Waals surface area contributed by atoms with Crippen molar-refractivity contribution < 1.29 is 14.3 Å². The molecule has 0 atom stereocenters. The normalized spacial score (nSPS) is 13.7. The summed E-state index contributed by atoms with van der Waals surface area (Å²) in [5, 5.41) is 2.93. The summed E-state index contributed by atoms with van der Waals surface area (Å²) in [7, 11) is 3.99. The molecule has 1 N–H and O–H groups in total. The van der Waals surface area contributed by atoms with Crippen LogP contribution in [0, 0.1) is 0 Å². The number of carbonyl (C=O) groups excluding carboxylic acids is 1. The van der Waals surface area contributed by atoms with Gasteiger partial charge in [0.1, 0.15) is 0 Å². The number of carbonyl (C=O) groups is 1. The fourth-order valence-corrected chi connectivity index (χ4v) is 1.59. The van der Waals surface area contributed by atoms with Crippen molar-refractivity contribution in [2.45, 2.75) is 19.4 Å². The number of rotatable bonds is 4. The minimum Gasteiger partial charge on any atom is -0.454 e. The molecule has 0 saturated carbocycles. The summed E-state index contributed by atoms with van der Waals surface area (Å²) in [5.41, 5.74) is 0.491. The van der Waals surface area contributed by atoms with E-state index >= 15 is 0 Å². The van der Waals surface area contributed by atoms with Crippen LogP contribution in [0.2, 0.25) is 0 Å². The fraction of sp³-hybridized carbons (Fsp3) is 0.500. The highest BCUT2D eigenvalue weighted by Gasteiger charge is 2.22. The van der Waals surface area contributed by atoms with Crippen LogP contribution in [0.1, 0.15) is 24.2 Å². The number of hydrogen-bond donors (Lipinski definition) is 1. The van der Waals surface area contributed by atoms with Gasteiger partial charge in [-0.1, -0.05) is 0 Å². The molecule has 0 radical (unpaired) electrons. The lowest BCUT2D eigenvalue weighted by atomic mass is 10.0. The monoisotopic (exact) mass is 264 g/mol. The molecular formula is C14H20N2O3. The number of fused-ring (bicyclic) bond motifs is 1. The summed E-state index contributed by atoms with van der Waals surface area (Å²) in [6.07, 6.45) is 0. The van der Waals surface area contributed by atoms with Crippen LogP contribution < -0.4 is 14.8 Å². The van der Waals surface area contributed by atoms with Gasteiger partial charge in [-0.3, -0.25) is 4.79 Å². The van der Waals surface area contributed by atoms with E-state index in [1.165, 1.54) is 0 Å². The highest BCUT2D eigenvalue weighted by atomic mass is 16.7. The molecule has 1 aromatic rings. The van der Waals surface area contributed by atoms with E-state index in [4.69, 9.17) is 9.47 Å². The van der Waals surface area contributed by atoms with Gasteiger partial charge < -0.3 is 19.7 Å². The molecule has 1 amide bonds. The maximum Gasteiger partial charge on any atom is 0.251 e. The van der Waals surface area contributed by atoms with Gasteiger partial charge in [0.05, 0.1) is 0 Å². The summed E-state index contributed by atoms with van der Waals surface area (Å²) < 4.78 is 10.5. The first-order valence-corrected chi connectivity index (χ1v) is 6.25. The summed E-state index contributed by atoms with van der Waals surface area (Å²) in [5.74, 6) is 1.21. The second kappa shape index (κ2) is 5.09. The lowest BCUT2D eigenvalue weighted by Gasteiger charge is -2.32.